The molecule has 11 heteroatoms. The molecule has 5 rings (SSSR count). The molecule has 2 aromatic heterocycles. The summed E-state index contributed by atoms with van der Waals surface area (Å²) in [6.45, 7) is 3.15. The minimum absolute atomic E-state index is 0.00646. The zero-order chi connectivity index (χ0) is 26.5. The summed E-state index contributed by atoms with van der Waals surface area (Å²) in [7, 11) is -3.85. The van der Waals surface area contributed by atoms with Crippen LogP contribution in [0.15, 0.2) is 84.1 Å². The Balaban J connectivity index is 1.17. The van der Waals surface area contributed by atoms with Crippen molar-refractivity contribution in [2.45, 2.75) is 24.7 Å². The topological polar surface area (TPSA) is 130 Å². The molecule has 0 aliphatic carbocycles. The first-order valence-electron chi connectivity index (χ1n) is 12.2. The van der Waals surface area contributed by atoms with E-state index in [9.17, 15) is 13.2 Å². The summed E-state index contributed by atoms with van der Waals surface area (Å²) in [5.74, 6) is 0.621. The van der Waals surface area contributed by atoms with Gasteiger partial charge in [0.05, 0.1) is 10.6 Å². The molecule has 0 unspecified atom stereocenters. The Hall–Kier alpha value is -4.38. The average Bonchev–Trinajstić information content (AvgIpc) is 2.94. The molecule has 0 bridgehead atoms. The first-order chi connectivity index (χ1) is 18.4. The van der Waals surface area contributed by atoms with Gasteiger partial charge < -0.3 is 10.2 Å². The number of carbonyl (C=O) groups is 1. The second-order valence-electron chi connectivity index (χ2n) is 9.03. The third-order valence-corrected chi connectivity index (χ3v) is 7.71. The van der Waals surface area contributed by atoms with Crippen LogP contribution >= 0.6 is 0 Å². The van der Waals surface area contributed by atoms with Gasteiger partial charge in [-0.15, -0.1) is 0 Å². The van der Waals surface area contributed by atoms with Crippen LogP contribution in [0.2, 0.25) is 0 Å². The third kappa shape index (κ3) is 5.94. The maximum atomic E-state index is 12.9. The van der Waals surface area contributed by atoms with Crippen LogP contribution in [0.5, 0.6) is 0 Å². The van der Waals surface area contributed by atoms with Gasteiger partial charge in [0.15, 0.2) is 0 Å². The zero-order valence-corrected chi connectivity index (χ0v) is 21.6. The second-order valence-corrected chi connectivity index (χ2v) is 10.7. The van der Waals surface area contributed by atoms with Crippen molar-refractivity contribution in [3.63, 3.8) is 0 Å². The van der Waals surface area contributed by atoms with Crippen LogP contribution in [-0.4, -0.2) is 47.4 Å². The van der Waals surface area contributed by atoms with Crippen LogP contribution in [0.4, 0.5) is 17.5 Å². The van der Waals surface area contributed by atoms with Gasteiger partial charge in [-0.05, 0) is 50.1 Å². The van der Waals surface area contributed by atoms with Crippen LogP contribution in [0, 0.1) is 12.8 Å². The van der Waals surface area contributed by atoms with Crippen molar-refractivity contribution in [2.75, 3.05) is 28.0 Å². The summed E-state index contributed by atoms with van der Waals surface area (Å²) in [5.41, 5.74) is 3.08. The van der Waals surface area contributed by atoms with E-state index in [0.717, 1.165) is 17.1 Å². The lowest BCUT2D eigenvalue weighted by Crippen LogP contribution is -2.38. The maximum absolute atomic E-state index is 12.9. The lowest BCUT2D eigenvalue weighted by atomic mass is 9.95. The summed E-state index contributed by atoms with van der Waals surface area (Å²) in [6.07, 6.45) is 4.43. The summed E-state index contributed by atoms with van der Waals surface area (Å²) < 4.78 is 27.7. The van der Waals surface area contributed by atoms with E-state index in [1.54, 1.807) is 31.5 Å². The van der Waals surface area contributed by atoms with Gasteiger partial charge >= 0.3 is 0 Å². The number of anilines is 3. The molecule has 0 saturated carbocycles. The Kier molecular flexibility index (Phi) is 7.27. The summed E-state index contributed by atoms with van der Waals surface area (Å²) in [5, 5.41) is 2.91. The smallest absolute Gasteiger partial charge is 0.264 e. The van der Waals surface area contributed by atoms with E-state index in [1.807, 2.05) is 36.4 Å². The third-order valence-electron chi connectivity index (χ3n) is 6.36. The van der Waals surface area contributed by atoms with Crippen LogP contribution in [0.3, 0.4) is 0 Å². The maximum Gasteiger partial charge on any atom is 0.264 e. The number of sulfonamides is 1. The molecule has 1 aliphatic heterocycles. The largest absolute Gasteiger partial charge is 0.356 e. The van der Waals surface area contributed by atoms with E-state index in [1.165, 1.54) is 18.3 Å². The molecule has 1 fully saturated rings. The van der Waals surface area contributed by atoms with Gasteiger partial charge in [-0.1, -0.05) is 30.3 Å². The van der Waals surface area contributed by atoms with E-state index < -0.39 is 10.0 Å². The van der Waals surface area contributed by atoms with Gasteiger partial charge in [-0.25, -0.2) is 33.1 Å². The molecule has 0 radical (unpaired) electrons. The van der Waals surface area contributed by atoms with Crippen molar-refractivity contribution in [3.8, 4) is 11.3 Å². The van der Waals surface area contributed by atoms with Gasteiger partial charge in [0, 0.05) is 48.2 Å². The number of rotatable bonds is 7. The standard InChI is InChI=1S/C27H27N7O3S/c1-19-11-14-28-27(31-19)33-38(36,37)23-9-7-22(8-10-23)32-26(35)21-12-15-34(16-13-21)25-17-24(29-18-30-25)20-5-3-2-4-6-20/h2-11,14,17-18,21H,12-13,15-16H2,1H3,(H,32,35)(H,28,31,33). The molecule has 38 heavy (non-hydrogen) atoms. The lowest BCUT2D eigenvalue weighted by Gasteiger charge is -2.32. The summed E-state index contributed by atoms with van der Waals surface area (Å²) >= 11 is 0. The predicted molar refractivity (Wildman–Crippen MR) is 145 cm³/mol. The van der Waals surface area contributed by atoms with Gasteiger partial charge in [0.1, 0.15) is 12.1 Å². The number of piperidine rings is 1. The molecule has 1 amide bonds. The zero-order valence-electron chi connectivity index (χ0n) is 20.8. The molecular weight excluding hydrogens is 502 g/mol. The number of hydrogen-bond acceptors (Lipinski definition) is 8. The molecule has 0 atom stereocenters. The Bertz CT molecular complexity index is 1520. The van der Waals surface area contributed by atoms with E-state index in [-0.39, 0.29) is 22.7 Å². The highest BCUT2D eigenvalue weighted by Crippen LogP contribution is 2.26. The molecule has 10 nitrogen and oxygen atoms in total. The minimum Gasteiger partial charge on any atom is -0.356 e. The van der Waals surface area contributed by atoms with Crippen LogP contribution < -0.4 is 14.9 Å². The SMILES string of the molecule is Cc1ccnc(NS(=O)(=O)c2ccc(NC(=O)C3CCN(c4cc(-c5ccccc5)ncn4)CC3)cc2)n1. The van der Waals surface area contributed by atoms with Crippen molar-refractivity contribution in [1.29, 1.82) is 0 Å². The number of carbonyl (C=O) groups excluding carboxylic acids is 1. The Morgan fingerprint density at radius 1 is 0.947 bits per heavy atom. The Morgan fingerprint density at radius 2 is 1.68 bits per heavy atom. The lowest BCUT2D eigenvalue weighted by molar-refractivity contribution is -0.120. The number of nitrogens with zero attached hydrogens (tertiary/aromatic N) is 5. The Labute approximate surface area is 221 Å². The minimum atomic E-state index is -3.85. The summed E-state index contributed by atoms with van der Waals surface area (Å²) in [6, 6.07) is 19.6. The van der Waals surface area contributed by atoms with Gasteiger partial charge in [-0.2, -0.15) is 0 Å². The molecule has 4 aromatic rings. The van der Waals surface area contributed by atoms with Gasteiger partial charge in [0.25, 0.3) is 10.0 Å². The van der Waals surface area contributed by atoms with Crippen LogP contribution in [0.1, 0.15) is 18.5 Å². The molecule has 0 spiro atoms. The van der Waals surface area contributed by atoms with Crippen molar-refractivity contribution in [1.82, 2.24) is 19.9 Å². The normalized spacial score (nSPS) is 14.2. The highest BCUT2D eigenvalue weighted by molar-refractivity contribution is 7.92. The van der Waals surface area contributed by atoms with Gasteiger partial charge in [0.2, 0.25) is 11.9 Å². The Morgan fingerprint density at radius 3 is 2.39 bits per heavy atom. The molecule has 1 saturated heterocycles. The first-order valence-corrected chi connectivity index (χ1v) is 13.7. The molecular formula is C27H27N7O3S. The van der Waals surface area contributed by atoms with Crippen molar-refractivity contribution in [3.05, 3.63) is 84.9 Å². The molecule has 2 aromatic carbocycles. The number of aryl methyl sites for hydroxylation is 1. The van der Waals surface area contributed by atoms with E-state index in [4.69, 9.17) is 0 Å². The van der Waals surface area contributed by atoms with Crippen LogP contribution in [-0.2, 0) is 14.8 Å². The number of hydrogen-bond donors (Lipinski definition) is 2. The fraction of sp³-hybridized carbons (Fsp3) is 0.222. The van der Waals surface area contributed by atoms with Crippen molar-refractivity contribution >= 4 is 33.4 Å². The van der Waals surface area contributed by atoms with Gasteiger partial charge in [-0.3, -0.25) is 4.79 Å². The van der Waals surface area contributed by atoms with E-state index in [2.05, 4.69) is 34.9 Å². The molecule has 1 aliphatic rings. The highest BCUT2D eigenvalue weighted by Gasteiger charge is 2.26. The fourth-order valence-corrected chi connectivity index (χ4v) is 5.25. The number of nitrogens with one attached hydrogen (secondary N) is 2. The number of aromatic nitrogens is 4. The average molecular weight is 530 g/mol. The van der Waals surface area contributed by atoms with E-state index >= 15 is 0 Å². The predicted octanol–water partition coefficient (Wildman–Crippen LogP) is 3.90. The van der Waals surface area contributed by atoms with Crippen molar-refractivity contribution in [2.24, 2.45) is 5.92 Å². The fourth-order valence-electron chi connectivity index (χ4n) is 4.30. The highest BCUT2D eigenvalue weighted by atomic mass is 32.2. The van der Waals surface area contributed by atoms with Crippen LogP contribution in [0.25, 0.3) is 11.3 Å². The first kappa shape index (κ1) is 25.3. The van der Waals surface area contributed by atoms with E-state index in [0.29, 0.717) is 37.3 Å². The molecule has 194 valence electrons. The summed E-state index contributed by atoms with van der Waals surface area (Å²) in [4.78, 5) is 31.9. The molecule has 3 heterocycles. The monoisotopic (exact) mass is 529 g/mol. The second kappa shape index (κ2) is 10.9. The quantitative estimate of drug-likeness (QED) is 0.369. The molecule has 2 N–H and O–H groups in total. The van der Waals surface area contributed by atoms with Crippen molar-refractivity contribution < 1.29 is 13.2 Å². The number of amides is 1. The number of benzene rings is 2.